The lowest BCUT2D eigenvalue weighted by Gasteiger charge is -2.35. The van der Waals surface area contributed by atoms with E-state index < -0.39 is 0 Å². The molecule has 214 valence electrons. The Kier molecular flexibility index (Phi) is 11.9. The van der Waals surface area contributed by atoms with Crippen molar-refractivity contribution in [1.29, 1.82) is 0 Å². The van der Waals surface area contributed by atoms with Crippen molar-refractivity contribution in [1.82, 2.24) is 0 Å². The van der Waals surface area contributed by atoms with Crippen LogP contribution < -0.4 is 0 Å². The second-order valence-electron chi connectivity index (χ2n) is 15.0. The monoisotopic (exact) mass is 522 g/mol. The molecule has 0 heterocycles. The van der Waals surface area contributed by atoms with Crippen LogP contribution in [-0.4, -0.2) is 13.1 Å². The van der Waals surface area contributed by atoms with Crippen molar-refractivity contribution in [3.8, 4) is 0 Å². The molecular formula is C36H58O2. The van der Waals surface area contributed by atoms with Gasteiger partial charge in [0.1, 0.15) is 0 Å². The Morgan fingerprint density at radius 3 is 2.13 bits per heavy atom. The van der Waals surface area contributed by atoms with Crippen LogP contribution in [0.15, 0.2) is 54.6 Å². The molecule has 0 radical (unpaired) electrons. The standard InChI is InChI=1S/C36H58O2/c1-34(2,3)28(23-22-27-18-14-13-15-19-27)24-25-30-29(20-16-11-12-17-21-33(37)38-10)31(35(4,5)6)26-32(30)36(7,8)9/h11,13-16,18-19,24-25,28-32H,12,17,20-23,26H2,1-10H3/b16-11-,25-24+/t28-,29+,30+,31-,32+/m0/s1. The molecule has 1 saturated carbocycles. The first-order chi connectivity index (χ1) is 17.6. The zero-order valence-electron chi connectivity index (χ0n) is 26.3. The van der Waals surface area contributed by atoms with Crippen molar-refractivity contribution in [2.75, 3.05) is 7.11 Å². The zero-order chi connectivity index (χ0) is 28.6. The number of benzene rings is 1. The second kappa shape index (κ2) is 14.0. The summed E-state index contributed by atoms with van der Waals surface area (Å²) in [5.41, 5.74) is 2.23. The van der Waals surface area contributed by atoms with E-state index in [0.717, 1.165) is 25.7 Å². The Hall–Kier alpha value is -1.83. The summed E-state index contributed by atoms with van der Waals surface area (Å²) >= 11 is 0. The van der Waals surface area contributed by atoms with Gasteiger partial charge in [-0.1, -0.05) is 117 Å². The fourth-order valence-corrected chi connectivity index (χ4v) is 6.58. The van der Waals surface area contributed by atoms with Crippen molar-refractivity contribution >= 4 is 5.97 Å². The van der Waals surface area contributed by atoms with Crippen LogP contribution in [0.3, 0.4) is 0 Å². The normalized spacial score (nSPS) is 23.8. The number of esters is 1. The summed E-state index contributed by atoms with van der Waals surface area (Å²) in [5.74, 6) is 3.03. The summed E-state index contributed by atoms with van der Waals surface area (Å²) in [6.07, 6.45) is 17.0. The highest BCUT2D eigenvalue weighted by atomic mass is 16.5. The van der Waals surface area contributed by atoms with Crippen molar-refractivity contribution in [3.63, 3.8) is 0 Å². The third kappa shape index (κ3) is 10.0. The molecule has 0 N–H and O–H groups in total. The van der Waals surface area contributed by atoms with Crippen molar-refractivity contribution in [2.24, 2.45) is 45.8 Å². The molecule has 2 nitrogen and oxygen atoms in total. The molecule has 0 bridgehead atoms. The summed E-state index contributed by atoms with van der Waals surface area (Å²) in [5, 5.41) is 0. The number of hydrogen-bond donors (Lipinski definition) is 0. The lowest BCUT2D eigenvalue weighted by Crippen LogP contribution is -2.27. The van der Waals surface area contributed by atoms with Gasteiger partial charge < -0.3 is 4.74 Å². The van der Waals surface area contributed by atoms with E-state index in [1.807, 2.05) is 0 Å². The van der Waals surface area contributed by atoms with E-state index in [1.54, 1.807) is 0 Å². The minimum Gasteiger partial charge on any atom is -0.469 e. The largest absolute Gasteiger partial charge is 0.469 e. The SMILES string of the molecule is COC(=O)CCC/C=C\C[C@@H]1[C@@H](/C=C/[C@H](CCc2ccccc2)C(C)(C)C)[C@H](C(C)(C)C)C[C@@H]1C(C)(C)C. The number of allylic oxidation sites excluding steroid dienone is 4. The summed E-state index contributed by atoms with van der Waals surface area (Å²) < 4.78 is 4.79. The smallest absolute Gasteiger partial charge is 0.305 e. The summed E-state index contributed by atoms with van der Waals surface area (Å²) in [4.78, 5) is 11.5. The lowest BCUT2D eigenvalue weighted by atomic mass is 9.70. The lowest BCUT2D eigenvalue weighted by molar-refractivity contribution is -0.140. The van der Waals surface area contributed by atoms with Gasteiger partial charge in [-0.25, -0.2) is 0 Å². The molecule has 0 saturated heterocycles. The van der Waals surface area contributed by atoms with E-state index in [1.165, 1.54) is 25.5 Å². The minimum atomic E-state index is -0.110. The first-order valence-corrected chi connectivity index (χ1v) is 15.1. The number of unbranched alkanes of at least 4 members (excludes halogenated alkanes) is 1. The summed E-state index contributed by atoms with van der Waals surface area (Å²) in [6.45, 7) is 21.8. The Labute approximate surface area is 235 Å². The van der Waals surface area contributed by atoms with Crippen LogP contribution in [0.2, 0.25) is 0 Å². The molecule has 1 aliphatic rings. The summed E-state index contributed by atoms with van der Waals surface area (Å²) in [7, 11) is 1.47. The van der Waals surface area contributed by atoms with Gasteiger partial charge in [-0.2, -0.15) is 0 Å². The van der Waals surface area contributed by atoms with Gasteiger partial charge in [0.2, 0.25) is 0 Å². The van der Waals surface area contributed by atoms with Gasteiger partial charge in [-0.15, -0.1) is 0 Å². The number of methoxy groups -OCH3 is 1. The molecule has 1 aromatic rings. The van der Waals surface area contributed by atoms with Crippen LogP contribution >= 0.6 is 0 Å². The predicted octanol–water partition coefficient (Wildman–Crippen LogP) is 10.1. The zero-order valence-corrected chi connectivity index (χ0v) is 26.3. The fraction of sp³-hybridized carbons (Fsp3) is 0.694. The van der Waals surface area contributed by atoms with E-state index >= 15 is 0 Å². The quantitative estimate of drug-likeness (QED) is 0.164. The number of hydrogen-bond acceptors (Lipinski definition) is 2. The van der Waals surface area contributed by atoms with Gasteiger partial charge in [0.15, 0.2) is 0 Å². The molecule has 0 aromatic heterocycles. The molecule has 1 fully saturated rings. The number of rotatable bonds is 11. The Bertz CT molecular complexity index is 888. The van der Waals surface area contributed by atoms with Gasteiger partial charge in [-0.3, -0.25) is 4.79 Å². The molecule has 5 atom stereocenters. The predicted molar refractivity (Wildman–Crippen MR) is 164 cm³/mol. The van der Waals surface area contributed by atoms with Gasteiger partial charge >= 0.3 is 5.97 Å². The maximum atomic E-state index is 11.5. The maximum Gasteiger partial charge on any atom is 0.305 e. The number of carbonyl (C=O) groups excluding carboxylic acids is 1. The third-order valence-electron chi connectivity index (χ3n) is 9.03. The van der Waals surface area contributed by atoms with Crippen LogP contribution in [0.1, 0.15) is 106 Å². The highest BCUT2D eigenvalue weighted by Gasteiger charge is 2.49. The third-order valence-corrected chi connectivity index (χ3v) is 9.03. The molecule has 2 heteroatoms. The van der Waals surface area contributed by atoms with E-state index in [2.05, 4.69) is 117 Å². The average molecular weight is 523 g/mol. The van der Waals surface area contributed by atoms with Crippen LogP contribution in [0.25, 0.3) is 0 Å². The minimum absolute atomic E-state index is 0.110. The number of aryl methyl sites for hydroxylation is 1. The first kappa shape index (κ1) is 32.4. The van der Waals surface area contributed by atoms with Gasteiger partial charge in [0.25, 0.3) is 0 Å². The molecular weight excluding hydrogens is 464 g/mol. The highest BCUT2D eigenvalue weighted by molar-refractivity contribution is 5.69. The average Bonchev–Trinajstić information content (AvgIpc) is 3.20. The fourth-order valence-electron chi connectivity index (χ4n) is 6.58. The Morgan fingerprint density at radius 1 is 0.947 bits per heavy atom. The first-order valence-electron chi connectivity index (χ1n) is 15.1. The molecule has 38 heavy (non-hydrogen) atoms. The van der Waals surface area contributed by atoms with Crippen LogP contribution in [0, 0.1) is 45.8 Å². The van der Waals surface area contributed by atoms with Crippen LogP contribution in [-0.2, 0) is 16.0 Å². The molecule has 0 aliphatic heterocycles. The molecule has 1 aliphatic carbocycles. The van der Waals surface area contributed by atoms with Crippen molar-refractivity contribution in [2.45, 2.75) is 107 Å². The summed E-state index contributed by atoms with van der Waals surface area (Å²) in [6, 6.07) is 10.9. The Morgan fingerprint density at radius 2 is 1.58 bits per heavy atom. The number of carbonyl (C=O) groups is 1. The van der Waals surface area contributed by atoms with Crippen LogP contribution in [0.5, 0.6) is 0 Å². The maximum absolute atomic E-state index is 11.5. The molecule has 0 spiro atoms. The van der Waals surface area contributed by atoms with E-state index in [-0.39, 0.29) is 22.2 Å². The molecule has 1 aromatic carbocycles. The molecule has 0 amide bonds. The van der Waals surface area contributed by atoms with Crippen LogP contribution in [0.4, 0.5) is 0 Å². The van der Waals surface area contributed by atoms with Crippen molar-refractivity contribution in [3.05, 3.63) is 60.2 Å². The van der Waals surface area contributed by atoms with Crippen molar-refractivity contribution < 1.29 is 9.53 Å². The Balaban J connectivity index is 2.27. The molecule has 0 unspecified atom stereocenters. The highest BCUT2D eigenvalue weighted by Crippen LogP contribution is 2.56. The molecule has 2 rings (SSSR count). The van der Waals surface area contributed by atoms with E-state index in [4.69, 9.17) is 4.74 Å². The van der Waals surface area contributed by atoms with Gasteiger partial charge in [0, 0.05) is 6.42 Å². The van der Waals surface area contributed by atoms with E-state index in [0.29, 0.717) is 36.0 Å². The second-order valence-corrected chi connectivity index (χ2v) is 15.0. The van der Waals surface area contributed by atoms with E-state index in [9.17, 15) is 4.79 Å². The van der Waals surface area contributed by atoms with Gasteiger partial charge in [0.05, 0.1) is 7.11 Å². The van der Waals surface area contributed by atoms with Gasteiger partial charge in [-0.05, 0) is 89.9 Å². The number of ether oxygens (including phenoxy) is 1. The topological polar surface area (TPSA) is 26.3 Å².